The quantitative estimate of drug-likeness (QED) is 0.357. The normalized spacial score (nSPS) is 13.1. The van der Waals surface area contributed by atoms with Crippen molar-refractivity contribution in [1.29, 1.82) is 0 Å². The zero-order valence-electron chi connectivity index (χ0n) is 8.74. The van der Waals surface area contributed by atoms with E-state index in [1.165, 1.54) is 0 Å². The highest BCUT2D eigenvalue weighted by molar-refractivity contribution is 5.75. The van der Waals surface area contributed by atoms with E-state index in [9.17, 15) is 4.79 Å². The van der Waals surface area contributed by atoms with Crippen LogP contribution in [0.2, 0.25) is 0 Å². The Morgan fingerprint density at radius 1 is 1.50 bits per heavy atom. The molecule has 0 radical (unpaired) electrons. The van der Waals surface area contributed by atoms with Gasteiger partial charge in [-0.15, -0.1) is 0 Å². The fourth-order valence-electron chi connectivity index (χ4n) is 0.960. The molecule has 0 aromatic carbocycles. The second kappa shape index (κ2) is 8.72. The number of rotatable bonds is 7. The molecule has 0 aliphatic heterocycles. The van der Waals surface area contributed by atoms with Gasteiger partial charge in [0, 0.05) is 0 Å². The van der Waals surface area contributed by atoms with Crippen molar-refractivity contribution in [3.8, 4) is 0 Å². The Morgan fingerprint density at radius 3 is 2.79 bits per heavy atom. The van der Waals surface area contributed by atoms with Crippen LogP contribution in [-0.4, -0.2) is 25.2 Å². The summed E-state index contributed by atoms with van der Waals surface area (Å²) in [6.45, 7) is 2.81. The number of ether oxygens (including phenoxy) is 1. The first-order valence-electron chi connectivity index (χ1n) is 4.95. The maximum atomic E-state index is 11.2. The largest absolute Gasteiger partial charge is 0.460 e. The van der Waals surface area contributed by atoms with Crippen LogP contribution >= 0.6 is 0 Å². The van der Waals surface area contributed by atoms with Gasteiger partial charge in [-0.1, -0.05) is 18.6 Å². The first-order chi connectivity index (χ1) is 6.72. The van der Waals surface area contributed by atoms with E-state index in [0.717, 1.165) is 12.8 Å². The second-order valence-corrected chi connectivity index (χ2v) is 3.09. The lowest BCUT2D eigenvalue weighted by Crippen LogP contribution is -2.32. The third kappa shape index (κ3) is 6.62. The van der Waals surface area contributed by atoms with E-state index < -0.39 is 6.04 Å². The van der Waals surface area contributed by atoms with Gasteiger partial charge < -0.3 is 16.2 Å². The van der Waals surface area contributed by atoms with Crippen molar-refractivity contribution in [2.45, 2.75) is 32.2 Å². The molecule has 0 rings (SSSR count). The molecule has 0 aromatic rings. The molecule has 0 saturated heterocycles. The first-order valence-corrected chi connectivity index (χ1v) is 4.95. The molecule has 0 aliphatic rings. The van der Waals surface area contributed by atoms with Crippen LogP contribution < -0.4 is 11.5 Å². The van der Waals surface area contributed by atoms with Gasteiger partial charge in [0.15, 0.2) is 0 Å². The molecule has 4 nitrogen and oxygen atoms in total. The summed E-state index contributed by atoms with van der Waals surface area (Å²) in [7, 11) is 0. The summed E-state index contributed by atoms with van der Waals surface area (Å²) in [6, 6.07) is -0.508. The number of carbonyl (C=O) groups is 1. The van der Waals surface area contributed by atoms with Crippen LogP contribution in [0.25, 0.3) is 0 Å². The highest BCUT2D eigenvalue weighted by atomic mass is 16.5. The van der Waals surface area contributed by atoms with Crippen molar-refractivity contribution in [2.24, 2.45) is 11.5 Å². The number of esters is 1. The molecule has 0 heterocycles. The number of hydrogen-bond donors (Lipinski definition) is 2. The monoisotopic (exact) mass is 200 g/mol. The lowest BCUT2D eigenvalue weighted by atomic mass is 10.1. The van der Waals surface area contributed by atoms with Crippen LogP contribution in [0.15, 0.2) is 12.2 Å². The van der Waals surface area contributed by atoms with Crippen LogP contribution in [0.1, 0.15) is 26.2 Å². The average Bonchev–Trinajstić information content (AvgIpc) is 2.18. The Hall–Kier alpha value is -0.870. The van der Waals surface area contributed by atoms with E-state index in [-0.39, 0.29) is 5.97 Å². The molecule has 14 heavy (non-hydrogen) atoms. The van der Waals surface area contributed by atoms with Crippen molar-refractivity contribution in [3.63, 3.8) is 0 Å². The molecular weight excluding hydrogens is 180 g/mol. The maximum absolute atomic E-state index is 11.2. The average molecular weight is 200 g/mol. The molecular formula is C10H20N2O2. The third-order valence-corrected chi connectivity index (χ3v) is 1.83. The maximum Gasteiger partial charge on any atom is 0.323 e. The minimum Gasteiger partial charge on any atom is -0.460 e. The first kappa shape index (κ1) is 13.1. The summed E-state index contributed by atoms with van der Waals surface area (Å²) < 4.78 is 4.89. The predicted octanol–water partition coefficient (Wildman–Crippen LogP) is 0.562. The van der Waals surface area contributed by atoms with Gasteiger partial charge in [0.1, 0.15) is 12.6 Å². The molecule has 82 valence electrons. The highest BCUT2D eigenvalue weighted by Crippen LogP contribution is 1.99. The summed E-state index contributed by atoms with van der Waals surface area (Å²) in [6.07, 6.45) is 6.01. The molecule has 1 atom stereocenters. The van der Waals surface area contributed by atoms with E-state index in [1.54, 1.807) is 6.08 Å². The summed E-state index contributed by atoms with van der Waals surface area (Å²) in [5, 5.41) is 0. The molecule has 0 saturated carbocycles. The topological polar surface area (TPSA) is 78.3 Å². The van der Waals surface area contributed by atoms with Gasteiger partial charge >= 0.3 is 5.97 Å². The number of allylic oxidation sites excluding steroid dienone is 1. The fourth-order valence-corrected chi connectivity index (χ4v) is 0.960. The molecule has 0 amide bonds. The minimum atomic E-state index is -0.508. The highest BCUT2D eigenvalue weighted by Gasteiger charge is 2.13. The lowest BCUT2D eigenvalue weighted by Gasteiger charge is -2.09. The van der Waals surface area contributed by atoms with Crippen LogP contribution in [0.5, 0.6) is 0 Å². The molecule has 0 bridgehead atoms. The molecule has 0 aliphatic carbocycles. The molecule has 0 fully saturated rings. The van der Waals surface area contributed by atoms with Gasteiger partial charge in [-0.05, 0) is 26.3 Å². The zero-order valence-corrected chi connectivity index (χ0v) is 8.74. The number of nitrogens with two attached hydrogens (primary N) is 2. The molecule has 0 unspecified atom stereocenters. The minimum absolute atomic E-state index is 0.305. The van der Waals surface area contributed by atoms with E-state index in [0.29, 0.717) is 19.6 Å². The molecule has 4 heteroatoms. The SMILES string of the molecule is CC=CCOC(=O)[C@@H](N)CCCCN. The third-order valence-electron chi connectivity index (χ3n) is 1.83. The van der Waals surface area contributed by atoms with Gasteiger partial charge in [0.05, 0.1) is 0 Å². The van der Waals surface area contributed by atoms with Gasteiger partial charge in [0.2, 0.25) is 0 Å². The lowest BCUT2D eigenvalue weighted by molar-refractivity contribution is -0.144. The fraction of sp³-hybridized carbons (Fsp3) is 0.700. The smallest absolute Gasteiger partial charge is 0.323 e. The van der Waals surface area contributed by atoms with Crippen LogP contribution in [-0.2, 0) is 9.53 Å². The summed E-state index contributed by atoms with van der Waals surface area (Å²) in [5.41, 5.74) is 10.9. The summed E-state index contributed by atoms with van der Waals surface area (Å²) in [4.78, 5) is 11.2. The second-order valence-electron chi connectivity index (χ2n) is 3.09. The van der Waals surface area contributed by atoms with Gasteiger partial charge in [-0.3, -0.25) is 4.79 Å². The Labute approximate surface area is 85.3 Å². The Morgan fingerprint density at radius 2 is 2.21 bits per heavy atom. The standard InChI is InChI=1S/C10H20N2O2/c1-2-3-8-14-10(13)9(12)6-4-5-7-11/h2-3,9H,4-8,11-12H2,1H3/t9-/m0/s1. The van der Waals surface area contributed by atoms with Crippen molar-refractivity contribution in [3.05, 3.63) is 12.2 Å². The Kier molecular flexibility index (Phi) is 8.17. The zero-order chi connectivity index (χ0) is 10.8. The van der Waals surface area contributed by atoms with Gasteiger partial charge in [0.25, 0.3) is 0 Å². The van der Waals surface area contributed by atoms with Crippen LogP contribution in [0.3, 0.4) is 0 Å². The number of hydrogen-bond acceptors (Lipinski definition) is 4. The van der Waals surface area contributed by atoms with Crippen molar-refractivity contribution >= 4 is 5.97 Å². The van der Waals surface area contributed by atoms with Crippen molar-refractivity contribution in [2.75, 3.05) is 13.2 Å². The van der Waals surface area contributed by atoms with E-state index >= 15 is 0 Å². The van der Waals surface area contributed by atoms with Gasteiger partial charge in [-0.25, -0.2) is 0 Å². The summed E-state index contributed by atoms with van der Waals surface area (Å²) in [5.74, 6) is -0.333. The number of carbonyl (C=O) groups excluding carboxylic acids is 1. The van der Waals surface area contributed by atoms with Gasteiger partial charge in [-0.2, -0.15) is 0 Å². The van der Waals surface area contributed by atoms with Crippen molar-refractivity contribution in [1.82, 2.24) is 0 Å². The van der Waals surface area contributed by atoms with Crippen molar-refractivity contribution < 1.29 is 9.53 Å². The van der Waals surface area contributed by atoms with E-state index in [2.05, 4.69) is 0 Å². The Balaban J connectivity index is 3.54. The van der Waals surface area contributed by atoms with Crippen LogP contribution in [0, 0.1) is 0 Å². The molecule has 0 spiro atoms. The Bertz CT molecular complexity index is 181. The van der Waals surface area contributed by atoms with E-state index in [1.807, 2.05) is 13.0 Å². The van der Waals surface area contributed by atoms with Crippen LogP contribution in [0.4, 0.5) is 0 Å². The van der Waals surface area contributed by atoms with E-state index in [4.69, 9.17) is 16.2 Å². The summed E-state index contributed by atoms with van der Waals surface area (Å²) >= 11 is 0. The molecule has 0 aromatic heterocycles. The predicted molar refractivity (Wildman–Crippen MR) is 56.7 cm³/mol. The molecule has 4 N–H and O–H groups in total. The number of unbranched alkanes of at least 4 members (excludes halogenated alkanes) is 1.